The minimum Gasteiger partial charge on any atom is -0.437 e. The van der Waals surface area contributed by atoms with Crippen molar-refractivity contribution in [1.82, 2.24) is 0 Å². The number of hydrogen-bond acceptors (Lipinski definition) is 15. The van der Waals surface area contributed by atoms with Crippen LogP contribution in [0.25, 0.3) is 0 Å². The molecule has 3 aromatic carbocycles. The van der Waals surface area contributed by atoms with E-state index in [1.165, 1.54) is 50.2 Å². The van der Waals surface area contributed by atoms with Crippen LogP contribution in [0.4, 0.5) is 96.1 Å². The predicted octanol–water partition coefficient (Wildman–Crippen LogP) is 9.17. The number of carbonyl (C=O) groups is 3. The van der Waals surface area contributed by atoms with Gasteiger partial charge in [-0.3, -0.25) is 28.0 Å². The third kappa shape index (κ3) is 18.0. The number of aryl methyl sites for hydroxylation is 1. The molecular weight excluding hydrogens is 1250 g/mol. The number of nitrogens with one attached hydrogen (secondary N) is 3. The van der Waals surface area contributed by atoms with Crippen LogP contribution in [0.5, 0.6) is 0 Å². The van der Waals surface area contributed by atoms with Crippen molar-refractivity contribution < 1.29 is 147 Å². The molecule has 0 amide bonds. The van der Waals surface area contributed by atoms with Crippen molar-refractivity contribution in [2.45, 2.75) is 106 Å². The third-order valence-electron chi connectivity index (χ3n) is 11.6. The summed E-state index contributed by atoms with van der Waals surface area (Å²) in [5, 5.41) is 6.72. The van der Waals surface area contributed by atoms with Gasteiger partial charge in [-0.25, -0.2) is 0 Å². The summed E-state index contributed by atoms with van der Waals surface area (Å²) < 4.78 is 356. The van der Waals surface area contributed by atoms with Crippen LogP contribution >= 0.6 is 0 Å². The zero-order valence-electron chi connectivity index (χ0n) is 42.3. The Morgan fingerprint density at radius 3 is 1.19 bits per heavy atom. The van der Waals surface area contributed by atoms with Crippen LogP contribution in [0, 0.1) is 6.92 Å². The number of benzene rings is 3. The maximum Gasteiger partial charge on any atom is 0.438 e. The molecule has 3 rings (SSSR count). The molecule has 0 saturated carbocycles. The fraction of sp³-hybridized carbons (Fsp3) is 0.523. The number of halogens is 18. The fourth-order valence-electron chi connectivity index (χ4n) is 7.98. The lowest BCUT2D eigenvalue weighted by Crippen LogP contribution is -2.63. The van der Waals surface area contributed by atoms with Crippen LogP contribution in [-0.2, 0) is 71.8 Å². The first kappa shape index (κ1) is 71.2. The van der Waals surface area contributed by atoms with Gasteiger partial charge in [0.25, 0.3) is 30.4 Å². The summed E-state index contributed by atoms with van der Waals surface area (Å²) in [6, 6.07) is 11.1. The SMILES string of the molecule is Cc1cc(CC(C)c2cccc(C(C)C)c2NCC(=O)OC(CS(=O)(=O)O)(C(F)(F)F)C(F)(F)F)cc(Cc2cccc(NCC(=O)OC(CS(=O)(=O)O)(C(F)(F)F)C(F)(F)F)c2)c1NCC(=O)OC(CS(=O)(=O)O)(C(F)(F)F)C(F)(F)F. The third-order valence-corrected chi connectivity index (χ3v) is 14.0. The normalized spacial score (nSPS) is 14.2. The summed E-state index contributed by atoms with van der Waals surface area (Å²) in [7, 11) is -18.6. The predicted molar refractivity (Wildman–Crippen MR) is 251 cm³/mol. The maximum atomic E-state index is 14.0. The largest absolute Gasteiger partial charge is 0.438 e. The van der Waals surface area contributed by atoms with Gasteiger partial charge in [0.2, 0.25) is 0 Å². The first-order valence-corrected chi connectivity index (χ1v) is 27.4. The second-order valence-corrected chi connectivity index (χ2v) is 22.9. The van der Waals surface area contributed by atoms with E-state index in [1.807, 2.05) is 0 Å². The summed E-state index contributed by atoms with van der Waals surface area (Å²) in [5.41, 5.74) is -17.8. The molecule has 0 aliphatic carbocycles. The molecule has 0 radical (unpaired) electrons. The lowest BCUT2D eigenvalue weighted by Gasteiger charge is -2.35. The van der Waals surface area contributed by atoms with Gasteiger partial charge < -0.3 is 30.2 Å². The number of hydrogen-bond donors (Lipinski definition) is 6. The van der Waals surface area contributed by atoms with Gasteiger partial charge in [-0.2, -0.15) is 104 Å². The molecule has 0 fully saturated rings. The van der Waals surface area contributed by atoms with Crippen molar-refractivity contribution >= 4 is 65.3 Å². The summed E-state index contributed by atoms with van der Waals surface area (Å²) in [5.74, 6) is -18.3. The number of anilines is 3. The number of carbonyl (C=O) groups excluding carboxylic acids is 3. The molecule has 1 unspecified atom stereocenters. The topological polar surface area (TPSA) is 278 Å². The number of esters is 3. The minimum atomic E-state index is -6.75. The lowest BCUT2D eigenvalue weighted by atomic mass is 9.87. The van der Waals surface area contributed by atoms with Crippen molar-refractivity contribution in [2.75, 3.05) is 52.8 Å². The molecular formula is C44H45F18N3O15S3. The molecule has 0 spiro atoms. The van der Waals surface area contributed by atoms with E-state index in [0.29, 0.717) is 0 Å². The molecule has 0 aliphatic rings. The Kier molecular flexibility index (Phi) is 21.3. The summed E-state index contributed by atoms with van der Waals surface area (Å²) in [6.45, 7) is 0.991. The summed E-state index contributed by atoms with van der Waals surface area (Å²) >= 11 is 0. The lowest BCUT2D eigenvalue weighted by molar-refractivity contribution is -0.361. The summed E-state index contributed by atoms with van der Waals surface area (Å²) in [4.78, 5) is 38.2. The van der Waals surface area contributed by atoms with E-state index in [1.54, 1.807) is 13.8 Å². The van der Waals surface area contributed by atoms with Crippen LogP contribution in [0.15, 0.2) is 54.6 Å². The second kappa shape index (κ2) is 24.9. The smallest absolute Gasteiger partial charge is 0.437 e. The van der Waals surface area contributed by atoms with E-state index in [9.17, 15) is 119 Å². The highest BCUT2D eigenvalue weighted by molar-refractivity contribution is 7.86. The Balaban J connectivity index is 2.16. The van der Waals surface area contributed by atoms with Gasteiger partial charge in [0, 0.05) is 17.1 Å². The first-order chi connectivity index (χ1) is 37.1. The van der Waals surface area contributed by atoms with Crippen LogP contribution in [0.2, 0.25) is 0 Å². The van der Waals surface area contributed by atoms with E-state index < -0.39 is 157 Å². The molecule has 0 saturated heterocycles. The molecule has 0 aromatic heterocycles. The number of alkyl halides is 18. The van der Waals surface area contributed by atoms with Crippen LogP contribution in [-0.4, -0.2) is 148 Å². The van der Waals surface area contributed by atoms with E-state index in [2.05, 4.69) is 30.2 Å². The van der Waals surface area contributed by atoms with Crippen LogP contribution in [0.3, 0.4) is 0 Å². The zero-order valence-corrected chi connectivity index (χ0v) is 44.7. The molecule has 0 aliphatic heterocycles. The Morgan fingerprint density at radius 2 is 0.831 bits per heavy atom. The molecule has 470 valence electrons. The van der Waals surface area contributed by atoms with Gasteiger partial charge in [-0.15, -0.1) is 0 Å². The van der Waals surface area contributed by atoms with Gasteiger partial charge in [0.15, 0.2) is 0 Å². The maximum absolute atomic E-state index is 14.0. The Hall–Kier alpha value is -6.06. The van der Waals surface area contributed by atoms with Gasteiger partial charge in [-0.05, 0) is 77.1 Å². The van der Waals surface area contributed by atoms with E-state index in [4.69, 9.17) is 13.7 Å². The molecule has 0 heterocycles. The van der Waals surface area contributed by atoms with Gasteiger partial charge in [0.05, 0.1) is 0 Å². The standard InChI is InChI=1S/C44H45F18N3O15S3/c1-22(2)29-9-6-10-30(35(29)65-18-33(68)80-38(43(57,58)59,44(60,61)62)21-83(75,76)77)23(3)11-26-12-24(4)34(64-17-32(67)79-37(41(51,52)53,42(54,55)56)20-82(72,73)74)27(14-26)13-25-7-5-8-28(15-25)63-16-31(66)78-36(39(45,46)47,40(48,49)50)19-81(69,70)71/h5-10,12,14-15,22-23,63-65H,11,13,16-21H2,1-4H3,(H,69,70,71)(H,72,73,74)(H,75,76,77). The van der Waals surface area contributed by atoms with Gasteiger partial charge >= 0.3 is 71.8 Å². The Morgan fingerprint density at radius 1 is 0.482 bits per heavy atom. The summed E-state index contributed by atoms with van der Waals surface area (Å²) in [6.07, 6.45) is -41.0. The van der Waals surface area contributed by atoms with Gasteiger partial charge in [0.1, 0.15) is 36.9 Å². The minimum absolute atomic E-state index is 0.00846. The van der Waals surface area contributed by atoms with E-state index in [-0.39, 0.29) is 56.9 Å². The molecule has 6 N–H and O–H groups in total. The first-order valence-electron chi connectivity index (χ1n) is 22.6. The highest BCUT2D eigenvalue weighted by atomic mass is 32.2. The Labute approximate surface area is 457 Å². The fourth-order valence-corrected chi connectivity index (χ4v) is 10.7. The van der Waals surface area contributed by atoms with Crippen molar-refractivity contribution in [1.29, 1.82) is 0 Å². The molecule has 1 atom stereocenters. The average Bonchev–Trinajstić information content (AvgIpc) is 3.10. The zero-order chi connectivity index (χ0) is 64.3. The molecule has 0 bridgehead atoms. The second-order valence-electron chi connectivity index (χ2n) is 18.5. The molecule has 3 aromatic rings. The van der Waals surface area contributed by atoms with Crippen LogP contribution < -0.4 is 16.0 Å². The van der Waals surface area contributed by atoms with Crippen molar-refractivity contribution in [3.05, 3.63) is 88.0 Å². The number of para-hydroxylation sites is 1. The van der Waals surface area contributed by atoms with E-state index >= 15 is 0 Å². The van der Waals surface area contributed by atoms with Gasteiger partial charge in [-0.1, -0.05) is 63.2 Å². The van der Waals surface area contributed by atoms with Crippen LogP contribution in [0.1, 0.15) is 66.0 Å². The highest BCUT2D eigenvalue weighted by Gasteiger charge is 2.78. The molecule has 83 heavy (non-hydrogen) atoms. The molecule has 39 heteroatoms. The quantitative estimate of drug-likeness (QED) is 0.0211. The van der Waals surface area contributed by atoms with E-state index in [0.717, 1.165) is 18.2 Å². The number of ether oxygens (including phenoxy) is 3. The highest BCUT2D eigenvalue weighted by Crippen LogP contribution is 2.50. The molecule has 18 nitrogen and oxygen atoms in total. The van der Waals surface area contributed by atoms with Crippen molar-refractivity contribution in [3.8, 4) is 0 Å². The monoisotopic (exact) mass is 1290 g/mol. The van der Waals surface area contributed by atoms with Crippen molar-refractivity contribution in [3.63, 3.8) is 0 Å². The number of rotatable bonds is 24. The van der Waals surface area contributed by atoms with Crippen molar-refractivity contribution in [2.24, 2.45) is 0 Å². The average molecular weight is 1290 g/mol. The Bertz CT molecular complexity index is 3160.